The van der Waals surface area contributed by atoms with E-state index in [0.29, 0.717) is 12.5 Å². The van der Waals surface area contributed by atoms with Gasteiger partial charge in [-0.15, -0.1) is 10.2 Å². The third kappa shape index (κ3) is 3.24. The van der Waals surface area contributed by atoms with Crippen LogP contribution in [0.2, 0.25) is 0 Å². The third-order valence-corrected chi connectivity index (χ3v) is 2.96. The van der Waals surface area contributed by atoms with Crippen LogP contribution in [0.15, 0.2) is 36.4 Å². The van der Waals surface area contributed by atoms with Gasteiger partial charge < -0.3 is 14.8 Å². The molecule has 0 aliphatic carbocycles. The van der Waals surface area contributed by atoms with Gasteiger partial charge in [0.25, 0.3) is 0 Å². The van der Waals surface area contributed by atoms with E-state index < -0.39 is 0 Å². The molecule has 20 heavy (non-hydrogen) atoms. The van der Waals surface area contributed by atoms with Crippen molar-refractivity contribution in [1.29, 1.82) is 0 Å². The molecule has 0 saturated heterocycles. The molecule has 106 valence electrons. The summed E-state index contributed by atoms with van der Waals surface area (Å²) in [4.78, 5) is 0. The highest BCUT2D eigenvalue weighted by atomic mass is 16.5. The topological polar surface area (TPSA) is 56.3 Å². The molecular formula is C15H19N3O2. The number of hydrogen-bond donors (Lipinski definition) is 1. The van der Waals surface area contributed by atoms with Crippen molar-refractivity contribution in [1.82, 2.24) is 15.5 Å². The first-order chi connectivity index (χ1) is 9.78. The summed E-state index contributed by atoms with van der Waals surface area (Å²) in [5.41, 5.74) is 1.92. The summed E-state index contributed by atoms with van der Waals surface area (Å²) in [6.45, 7) is 2.62. The van der Waals surface area contributed by atoms with Crippen molar-refractivity contribution in [2.45, 2.75) is 13.0 Å². The lowest BCUT2D eigenvalue weighted by molar-refractivity contribution is 0.339. The highest BCUT2D eigenvalue weighted by Crippen LogP contribution is 2.24. The summed E-state index contributed by atoms with van der Waals surface area (Å²) in [5, 5.41) is 11.4. The van der Waals surface area contributed by atoms with Gasteiger partial charge in [0.1, 0.15) is 5.75 Å². The Morgan fingerprint density at radius 3 is 2.65 bits per heavy atom. The zero-order valence-corrected chi connectivity index (χ0v) is 12.0. The molecule has 2 rings (SSSR count). The molecule has 0 radical (unpaired) electrons. The zero-order valence-electron chi connectivity index (χ0n) is 12.0. The molecule has 1 aromatic heterocycles. The van der Waals surface area contributed by atoms with Crippen molar-refractivity contribution in [3.05, 3.63) is 47.7 Å². The van der Waals surface area contributed by atoms with Crippen LogP contribution in [0.3, 0.4) is 0 Å². The summed E-state index contributed by atoms with van der Waals surface area (Å²) in [6, 6.07) is 11.6. The van der Waals surface area contributed by atoms with Crippen LogP contribution < -0.4 is 14.8 Å². The van der Waals surface area contributed by atoms with Crippen LogP contribution >= 0.6 is 0 Å². The van der Waals surface area contributed by atoms with Crippen molar-refractivity contribution < 1.29 is 9.47 Å². The fourth-order valence-electron chi connectivity index (χ4n) is 2.03. The summed E-state index contributed by atoms with van der Waals surface area (Å²) in [7, 11) is 3.47. The maximum Gasteiger partial charge on any atom is 0.233 e. The Bertz CT molecular complexity index is 543. The van der Waals surface area contributed by atoms with Crippen LogP contribution in [0.4, 0.5) is 0 Å². The van der Waals surface area contributed by atoms with Gasteiger partial charge in [-0.05, 0) is 37.7 Å². The van der Waals surface area contributed by atoms with Gasteiger partial charge in [-0.3, -0.25) is 0 Å². The normalized spacial score (nSPS) is 11.9. The van der Waals surface area contributed by atoms with E-state index >= 15 is 0 Å². The van der Waals surface area contributed by atoms with Crippen LogP contribution in [0, 0.1) is 0 Å². The second-order valence-corrected chi connectivity index (χ2v) is 4.23. The average molecular weight is 273 g/mol. The zero-order chi connectivity index (χ0) is 14.4. The van der Waals surface area contributed by atoms with Crippen LogP contribution in [0.5, 0.6) is 11.6 Å². The molecule has 0 spiro atoms. The quantitative estimate of drug-likeness (QED) is 0.874. The smallest absolute Gasteiger partial charge is 0.233 e. The number of rotatable bonds is 6. The van der Waals surface area contributed by atoms with E-state index in [1.807, 2.05) is 44.3 Å². The van der Waals surface area contributed by atoms with Gasteiger partial charge in [0.15, 0.2) is 0 Å². The predicted octanol–water partition coefficient (Wildman–Crippen LogP) is 2.19. The Morgan fingerprint density at radius 2 is 2.05 bits per heavy atom. The molecule has 0 fully saturated rings. The number of aromatic nitrogens is 2. The average Bonchev–Trinajstić information content (AvgIpc) is 2.49. The highest BCUT2D eigenvalue weighted by molar-refractivity contribution is 5.34. The fourth-order valence-corrected chi connectivity index (χ4v) is 2.03. The molecule has 0 aliphatic rings. The fraction of sp³-hybridized carbons (Fsp3) is 0.333. The number of ether oxygens (including phenoxy) is 2. The molecule has 0 bridgehead atoms. The lowest BCUT2D eigenvalue weighted by atomic mass is 10.0. The first-order valence-corrected chi connectivity index (χ1v) is 6.56. The van der Waals surface area contributed by atoms with Crippen LogP contribution in [-0.2, 0) is 0 Å². The maximum absolute atomic E-state index is 5.53. The lowest BCUT2D eigenvalue weighted by Crippen LogP contribution is -2.19. The van der Waals surface area contributed by atoms with Crippen molar-refractivity contribution in [2.75, 3.05) is 20.8 Å². The summed E-state index contributed by atoms with van der Waals surface area (Å²) >= 11 is 0. The predicted molar refractivity (Wildman–Crippen MR) is 77.1 cm³/mol. The molecule has 1 aromatic carbocycles. The van der Waals surface area contributed by atoms with E-state index in [4.69, 9.17) is 9.47 Å². The third-order valence-electron chi connectivity index (χ3n) is 2.96. The molecule has 0 saturated carbocycles. The van der Waals surface area contributed by atoms with Gasteiger partial charge in [0, 0.05) is 6.07 Å². The van der Waals surface area contributed by atoms with Gasteiger partial charge in [-0.2, -0.15) is 0 Å². The van der Waals surface area contributed by atoms with Crippen molar-refractivity contribution in [3.8, 4) is 11.6 Å². The molecule has 5 heteroatoms. The first-order valence-electron chi connectivity index (χ1n) is 6.56. The Morgan fingerprint density at radius 1 is 1.20 bits per heavy atom. The number of benzene rings is 1. The second-order valence-electron chi connectivity index (χ2n) is 4.23. The molecular weight excluding hydrogens is 254 g/mol. The molecule has 5 nitrogen and oxygen atoms in total. The minimum absolute atomic E-state index is 0.0335. The molecule has 0 aliphatic heterocycles. The standard InChI is InChI=1S/C15H19N3O2/c1-4-20-12-7-5-6-11(10-12)15(16-2)13-8-9-14(19-3)18-17-13/h5-10,15-16H,4H2,1-3H3. The van der Waals surface area contributed by atoms with Crippen LogP contribution in [0.1, 0.15) is 24.2 Å². The molecule has 1 heterocycles. The van der Waals surface area contributed by atoms with E-state index in [1.54, 1.807) is 13.2 Å². The SMILES string of the molecule is CCOc1cccc(C(NC)c2ccc(OC)nn2)c1. The van der Waals surface area contributed by atoms with E-state index in [0.717, 1.165) is 17.0 Å². The minimum atomic E-state index is -0.0335. The van der Waals surface area contributed by atoms with E-state index in [2.05, 4.69) is 15.5 Å². The molecule has 2 aromatic rings. The lowest BCUT2D eigenvalue weighted by Gasteiger charge is -2.16. The number of nitrogens with one attached hydrogen (secondary N) is 1. The van der Waals surface area contributed by atoms with E-state index in [1.165, 1.54) is 0 Å². The summed E-state index contributed by atoms with van der Waals surface area (Å²) in [5.74, 6) is 1.36. The first kappa shape index (κ1) is 14.3. The van der Waals surface area contributed by atoms with Gasteiger partial charge in [-0.1, -0.05) is 12.1 Å². The molecule has 1 atom stereocenters. The minimum Gasteiger partial charge on any atom is -0.494 e. The molecule has 1 unspecified atom stereocenters. The van der Waals surface area contributed by atoms with Gasteiger partial charge in [0.2, 0.25) is 5.88 Å². The Balaban J connectivity index is 2.28. The van der Waals surface area contributed by atoms with Gasteiger partial charge >= 0.3 is 0 Å². The largest absolute Gasteiger partial charge is 0.494 e. The van der Waals surface area contributed by atoms with Crippen molar-refractivity contribution in [3.63, 3.8) is 0 Å². The maximum atomic E-state index is 5.53. The number of hydrogen-bond acceptors (Lipinski definition) is 5. The van der Waals surface area contributed by atoms with E-state index in [-0.39, 0.29) is 6.04 Å². The number of methoxy groups -OCH3 is 1. The molecule has 0 amide bonds. The van der Waals surface area contributed by atoms with Crippen molar-refractivity contribution in [2.24, 2.45) is 0 Å². The Labute approximate surface area is 118 Å². The molecule has 1 N–H and O–H groups in total. The van der Waals surface area contributed by atoms with Crippen molar-refractivity contribution >= 4 is 0 Å². The van der Waals surface area contributed by atoms with Crippen LogP contribution in [-0.4, -0.2) is 31.0 Å². The van der Waals surface area contributed by atoms with Gasteiger partial charge in [-0.25, -0.2) is 0 Å². The monoisotopic (exact) mass is 273 g/mol. The second kappa shape index (κ2) is 6.86. The highest BCUT2D eigenvalue weighted by Gasteiger charge is 2.14. The number of nitrogens with zero attached hydrogens (tertiary/aromatic N) is 2. The Hall–Kier alpha value is -2.14. The van der Waals surface area contributed by atoms with Gasteiger partial charge in [0.05, 0.1) is 25.5 Å². The summed E-state index contributed by atoms with van der Waals surface area (Å²) in [6.07, 6.45) is 0. The Kier molecular flexibility index (Phi) is 4.90. The summed E-state index contributed by atoms with van der Waals surface area (Å²) < 4.78 is 10.6. The van der Waals surface area contributed by atoms with Crippen LogP contribution in [0.25, 0.3) is 0 Å². The van der Waals surface area contributed by atoms with E-state index in [9.17, 15) is 0 Å².